The molecule has 0 radical (unpaired) electrons. The van der Waals surface area contributed by atoms with Crippen molar-refractivity contribution in [2.75, 3.05) is 6.61 Å². The molecular formula is C9H17Cl2N3O3. The molecule has 6 nitrogen and oxygen atoms in total. The molecule has 1 aliphatic heterocycles. The van der Waals surface area contributed by atoms with E-state index in [1.54, 1.807) is 0 Å². The predicted octanol–water partition coefficient (Wildman–Crippen LogP) is -0.942. The molecule has 0 aromatic carbocycles. The number of nitrogens with two attached hydrogens (primary N) is 2. The van der Waals surface area contributed by atoms with Gasteiger partial charge in [-0.3, -0.25) is 4.79 Å². The number of rotatable bonds is 4. The molecule has 0 spiro atoms. The van der Waals surface area contributed by atoms with Crippen LogP contribution in [0, 0.1) is 0 Å². The number of aliphatic hydroxyl groups is 1. The van der Waals surface area contributed by atoms with Crippen molar-refractivity contribution in [3.63, 3.8) is 0 Å². The number of carbonyl (C=O) groups excluding carboxylic acids is 1. The Balaban J connectivity index is 2.36. The summed E-state index contributed by atoms with van der Waals surface area (Å²) in [5, 5.41) is 11.9. The lowest BCUT2D eigenvalue weighted by molar-refractivity contribution is -0.148. The molecule has 0 aromatic rings. The first-order valence-corrected chi connectivity index (χ1v) is 6.16. The largest absolute Gasteiger partial charge is 0.367 e. The SMILES string of the molecule is N[C@H](CC(Cl)Cl)C(=O)N[C@H]1COC(O)[C@H](N)C1. The summed E-state index contributed by atoms with van der Waals surface area (Å²) in [4.78, 5) is 10.9. The first-order chi connectivity index (χ1) is 7.90. The summed E-state index contributed by atoms with van der Waals surface area (Å²) in [6.07, 6.45) is -0.367. The molecule has 4 atom stereocenters. The van der Waals surface area contributed by atoms with Crippen LogP contribution in [-0.2, 0) is 9.53 Å². The summed E-state index contributed by atoms with van der Waals surface area (Å²) in [5.74, 6) is -0.353. The first kappa shape index (κ1) is 14.9. The molecule has 6 N–H and O–H groups in total. The third-order valence-corrected chi connectivity index (χ3v) is 2.86. The van der Waals surface area contributed by atoms with E-state index in [1.807, 2.05) is 0 Å². The summed E-state index contributed by atoms with van der Waals surface area (Å²) in [6.45, 7) is 0.207. The highest BCUT2D eigenvalue weighted by Crippen LogP contribution is 2.12. The maximum Gasteiger partial charge on any atom is 0.237 e. The molecule has 1 aliphatic rings. The van der Waals surface area contributed by atoms with Gasteiger partial charge in [-0.25, -0.2) is 0 Å². The van der Waals surface area contributed by atoms with E-state index in [4.69, 9.17) is 39.4 Å². The van der Waals surface area contributed by atoms with Crippen molar-refractivity contribution in [2.45, 2.75) is 42.1 Å². The van der Waals surface area contributed by atoms with Gasteiger partial charge in [0, 0.05) is 6.42 Å². The fourth-order valence-electron chi connectivity index (χ4n) is 1.56. The fraction of sp³-hybridized carbons (Fsp3) is 0.889. The molecule has 8 heteroatoms. The van der Waals surface area contributed by atoms with Crippen molar-refractivity contribution in [2.24, 2.45) is 11.5 Å². The van der Waals surface area contributed by atoms with Crippen LogP contribution in [-0.4, -0.2) is 46.9 Å². The highest BCUT2D eigenvalue weighted by atomic mass is 35.5. The minimum atomic E-state index is -0.980. The number of carbonyl (C=O) groups is 1. The number of alkyl halides is 2. The zero-order valence-electron chi connectivity index (χ0n) is 9.18. The highest BCUT2D eigenvalue weighted by molar-refractivity contribution is 6.44. The molecule has 1 rings (SSSR count). The molecule has 0 aromatic heterocycles. The zero-order chi connectivity index (χ0) is 13.0. The average molecular weight is 286 g/mol. The van der Waals surface area contributed by atoms with Gasteiger partial charge in [-0.05, 0) is 6.42 Å². The zero-order valence-corrected chi connectivity index (χ0v) is 10.7. The number of amides is 1. The Bertz CT molecular complexity index is 268. The van der Waals surface area contributed by atoms with Crippen molar-refractivity contribution in [1.29, 1.82) is 0 Å². The molecule has 1 fully saturated rings. The van der Waals surface area contributed by atoms with Crippen molar-refractivity contribution in [1.82, 2.24) is 5.32 Å². The lowest BCUT2D eigenvalue weighted by Gasteiger charge is -2.32. The van der Waals surface area contributed by atoms with Crippen LogP contribution in [0.25, 0.3) is 0 Å². The van der Waals surface area contributed by atoms with E-state index in [2.05, 4.69) is 5.32 Å². The normalized spacial score (nSPS) is 31.3. The highest BCUT2D eigenvalue weighted by Gasteiger charge is 2.29. The Morgan fingerprint density at radius 3 is 2.76 bits per heavy atom. The number of nitrogens with one attached hydrogen (secondary N) is 1. The van der Waals surface area contributed by atoms with Crippen LogP contribution in [0.1, 0.15) is 12.8 Å². The molecular weight excluding hydrogens is 269 g/mol. The molecule has 0 aliphatic carbocycles. The van der Waals surface area contributed by atoms with Gasteiger partial charge in [0.15, 0.2) is 6.29 Å². The van der Waals surface area contributed by atoms with Gasteiger partial charge in [0.1, 0.15) is 4.84 Å². The van der Waals surface area contributed by atoms with Crippen LogP contribution >= 0.6 is 23.2 Å². The number of aliphatic hydroxyl groups excluding tert-OH is 1. The Morgan fingerprint density at radius 1 is 1.59 bits per heavy atom. The van der Waals surface area contributed by atoms with Gasteiger partial charge < -0.3 is 26.6 Å². The summed E-state index contributed by atoms with van der Waals surface area (Å²) < 4.78 is 4.99. The Kier molecular flexibility index (Phi) is 5.91. The maximum absolute atomic E-state index is 11.6. The molecule has 1 unspecified atom stereocenters. The van der Waals surface area contributed by atoms with Crippen LogP contribution in [0.5, 0.6) is 0 Å². The quantitative estimate of drug-likeness (QED) is 0.498. The third-order valence-electron chi connectivity index (χ3n) is 2.51. The Morgan fingerprint density at radius 2 is 2.24 bits per heavy atom. The minimum Gasteiger partial charge on any atom is -0.367 e. The summed E-state index contributed by atoms with van der Waals surface area (Å²) in [6, 6.07) is -1.53. The van der Waals surface area contributed by atoms with E-state index in [0.29, 0.717) is 6.42 Å². The average Bonchev–Trinajstić information content (AvgIpc) is 2.22. The second-order valence-electron chi connectivity index (χ2n) is 4.06. The van der Waals surface area contributed by atoms with E-state index < -0.39 is 23.2 Å². The van der Waals surface area contributed by atoms with Crippen LogP contribution in [0.4, 0.5) is 0 Å². The van der Waals surface area contributed by atoms with Gasteiger partial charge >= 0.3 is 0 Å². The van der Waals surface area contributed by atoms with E-state index in [9.17, 15) is 9.90 Å². The van der Waals surface area contributed by atoms with Crippen molar-refractivity contribution < 1.29 is 14.6 Å². The van der Waals surface area contributed by atoms with E-state index in [0.717, 1.165) is 0 Å². The Hall–Kier alpha value is -0.110. The van der Waals surface area contributed by atoms with Gasteiger partial charge in [0.2, 0.25) is 5.91 Å². The van der Waals surface area contributed by atoms with E-state index in [-0.39, 0.29) is 25.0 Å². The molecule has 1 heterocycles. The smallest absolute Gasteiger partial charge is 0.237 e. The van der Waals surface area contributed by atoms with E-state index >= 15 is 0 Å². The van der Waals surface area contributed by atoms with Gasteiger partial charge in [-0.2, -0.15) is 0 Å². The van der Waals surface area contributed by atoms with Crippen LogP contribution in [0.2, 0.25) is 0 Å². The maximum atomic E-state index is 11.6. The lowest BCUT2D eigenvalue weighted by Crippen LogP contribution is -2.54. The number of hydrogen-bond donors (Lipinski definition) is 4. The second-order valence-corrected chi connectivity index (χ2v) is 5.34. The summed E-state index contributed by atoms with van der Waals surface area (Å²) in [7, 11) is 0. The van der Waals surface area contributed by atoms with Crippen LogP contribution < -0.4 is 16.8 Å². The molecule has 1 amide bonds. The predicted molar refractivity (Wildman–Crippen MR) is 64.6 cm³/mol. The minimum absolute atomic E-state index is 0.178. The monoisotopic (exact) mass is 285 g/mol. The molecule has 0 saturated carbocycles. The molecule has 1 saturated heterocycles. The lowest BCUT2D eigenvalue weighted by atomic mass is 10.0. The second kappa shape index (κ2) is 6.72. The van der Waals surface area contributed by atoms with Crippen LogP contribution in [0.15, 0.2) is 0 Å². The van der Waals surface area contributed by atoms with Gasteiger partial charge in [0.25, 0.3) is 0 Å². The molecule has 0 bridgehead atoms. The number of halogens is 2. The van der Waals surface area contributed by atoms with Gasteiger partial charge in [-0.15, -0.1) is 23.2 Å². The van der Waals surface area contributed by atoms with Crippen molar-refractivity contribution >= 4 is 29.1 Å². The van der Waals surface area contributed by atoms with Crippen LogP contribution in [0.3, 0.4) is 0 Å². The Labute approximate surface area is 110 Å². The van der Waals surface area contributed by atoms with Gasteiger partial charge in [-0.1, -0.05) is 0 Å². The van der Waals surface area contributed by atoms with Gasteiger partial charge in [0.05, 0.1) is 24.7 Å². The van der Waals surface area contributed by atoms with Crippen molar-refractivity contribution in [3.8, 4) is 0 Å². The summed E-state index contributed by atoms with van der Waals surface area (Å²) in [5.41, 5.74) is 11.2. The van der Waals surface area contributed by atoms with E-state index in [1.165, 1.54) is 0 Å². The van der Waals surface area contributed by atoms with Crippen molar-refractivity contribution in [3.05, 3.63) is 0 Å². The molecule has 100 valence electrons. The third kappa shape index (κ3) is 4.95. The molecule has 17 heavy (non-hydrogen) atoms. The topological polar surface area (TPSA) is 111 Å². The first-order valence-electron chi connectivity index (χ1n) is 5.29. The fourth-order valence-corrected chi connectivity index (χ4v) is 1.94. The standard InChI is InChI=1S/C9H17Cl2N3O3/c10-7(11)2-5(12)8(15)14-4-1-6(13)9(16)17-3-4/h4-7,9,16H,1-3,12-13H2,(H,14,15)/t4-,5-,6-,9?/m1/s1. The number of hydrogen-bond acceptors (Lipinski definition) is 5. The summed E-state index contributed by atoms with van der Waals surface area (Å²) >= 11 is 11.1. The number of ether oxygens (including phenoxy) is 1.